The first-order chi connectivity index (χ1) is 11.1. The predicted octanol–water partition coefficient (Wildman–Crippen LogP) is 1.68. The Kier molecular flexibility index (Phi) is 4.52. The summed E-state index contributed by atoms with van der Waals surface area (Å²) in [4.78, 5) is 11.3. The summed E-state index contributed by atoms with van der Waals surface area (Å²) < 4.78 is 6.05. The van der Waals surface area contributed by atoms with Crippen molar-refractivity contribution in [3.63, 3.8) is 0 Å². The molecule has 23 heavy (non-hydrogen) atoms. The molecule has 124 valence electrons. The highest BCUT2D eigenvalue weighted by molar-refractivity contribution is 5.99. The molecule has 1 spiro atoms. The topological polar surface area (TPSA) is 75.2 Å². The van der Waals surface area contributed by atoms with Crippen molar-refractivity contribution in [3.8, 4) is 0 Å². The van der Waals surface area contributed by atoms with Gasteiger partial charge in [-0.15, -0.1) is 0 Å². The molecule has 0 atom stereocenters. The third kappa shape index (κ3) is 3.82. The minimum atomic E-state index is -0.415. The van der Waals surface area contributed by atoms with Crippen molar-refractivity contribution in [1.82, 2.24) is 10.2 Å². The summed E-state index contributed by atoms with van der Waals surface area (Å²) in [5.41, 5.74) is 6.74. The van der Waals surface area contributed by atoms with Gasteiger partial charge in [-0.1, -0.05) is 30.3 Å². The van der Waals surface area contributed by atoms with E-state index in [-0.39, 0.29) is 6.10 Å². The maximum atomic E-state index is 6.05. The highest BCUT2D eigenvalue weighted by atomic mass is 16.5. The number of hydrogen-bond acceptors (Lipinski definition) is 6. The maximum absolute atomic E-state index is 6.05. The van der Waals surface area contributed by atoms with Crippen molar-refractivity contribution in [2.45, 2.75) is 44.1 Å². The van der Waals surface area contributed by atoms with Gasteiger partial charge in [0.1, 0.15) is 0 Å². The number of nitrogens with two attached hydrogens (primary N) is 1. The minimum absolute atomic E-state index is 0.269. The lowest BCUT2D eigenvalue weighted by Crippen LogP contribution is -2.52. The number of benzene rings is 1. The highest BCUT2D eigenvalue weighted by Crippen LogP contribution is 2.35. The molecule has 2 aliphatic rings. The van der Waals surface area contributed by atoms with Crippen molar-refractivity contribution >= 4 is 11.9 Å². The van der Waals surface area contributed by atoms with Crippen LogP contribution in [0.25, 0.3) is 0 Å². The molecule has 0 aromatic heterocycles. The van der Waals surface area contributed by atoms with Gasteiger partial charge >= 0.3 is 0 Å². The summed E-state index contributed by atoms with van der Waals surface area (Å²) in [6, 6.07) is 10.3. The highest BCUT2D eigenvalue weighted by Gasteiger charge is 2.38. The lowest BCUT2D eigenvalue weighted by atomic mass is 9.87. The fourth-order valence-corrected chi connectivity index (χ4v) is 3.06. The quantitative estimate of drug-likeness (QED) is 0.890. The Morgan fingerprint density at radius 3 is 2.57 bits per heavy atom. The molecule has 0 unspecified atom stereocenters. The summed E-state index contributed by atoms with van der Waals surface area (Å²) in [6.45, 7) is 0.664. The molecule has 0 bridgehead atoms. The van der Waals surface area contributed by atoms with Gasteiger partial charge in [0.2, 0.25) is 5.96 Å². The number of hydrogen-bond donors (Lipinski definition) is 2. The zero-order valence-corrected chi connectivity index (χ0v) is 13.8. The van der Waals surface area contributed by atoms with E-state index in [9.17, 15) is 0 Å². The van der Waals surface area contributed by atoms with E-state index in [1.807, 2.05) is 37.2 Å². The SMILES string of the molecule is CN(C)C1=NC2(CCC(OCc3ccccc3)CC2)N=C(N)N1. The van der Waals surface area contributed by atoms with E-state index in [0.717, 1.165) is 31.6 Å². The Bertz CT molecular complexity index is 588. The molecule has 1 aromatic carbocycles. The number of aliphatic imine (C=N–C) groups is 2. The number of nitrogens with one attached hydrogen (secondary N) is 1. The van der Waals surface area contributed by atoms with Gasteiger partial charge in [0, 0.05) is 14.1 Å². The van der Waals surface area contributed by atoms with Crippen LogP contribution in [0.2, 0.25) is 0 Å². The molecule has 0 saturated heterocycles. The Morgan fingerprint density at radius 1 is 1.22 bits per heavy atom. The first kappa shape index (κ1) is 15.8. The van der Waals surface area contributed by atoms with Crippen molar-refractivity contribution in [3.05, 3.63) is 35.9 Å². The van der Waals surface area contributed by atoms with Crippen LogP contribution in [0.1, 0.15) is 31.2 Å². The van der Waals surface area contributed by atoms with Gasteiger partial charge in [-0.3, -0.25) is 5.32 Å². The van der Waals surface area contributed by atoms with E-state index in [1.165, 1.54) is 5.56 Å². The Hall–Kier alpha value is -2.08. The molecule has 1 aliphatic heterocycles. The molecular formula is C17H25N5O. The Morgan fingerprint density at radius 2 is 1.91 bits per heavy atom. The molecule has 0 radical (unpaired) electrons. The van der Waals surface area contributed by atoms with Crippen molar-refractivity contribution in [1.29, 1.82) is 0 Å². The Labute approximate surface area is 137 Å². The third-order valence-corrected chi connectivity index (χ3v) is 4.37. The monoisotopic (exact) mass is 315 g/mol. The van der Waals surface area contributed by atoms with E-state index in [0.29, 0.717) is 12.6 Å². The average molecular weight is 315 g/mol. The molecule has 1 fully saturated rings. The summed E-state index contributed by atoms with van der Waals surface area (Å²) in [6.07, 6.45) is 3.91. The van der Waals surface area contributed by atoms with Crippen LogP contribution in [0.15, 0.2) is 40.3 Å². The van der Waals surface area contributed by atoms with Gasteiger partial charge in [0.15, 0.2) is 11.6 Å². The van der Waals surface area contributed by atoms with Gasteiger partial charge in [-0.05, 0) is 31.2 Å². The smallest absolute Gasteiger partial charge is 0.202 e. The largest absolute Gasteiger partial charge is 0.374 e. The van der Waals surface area contributed by atoms with Crippen LogP contribution in [-0.4, -0.2) is 42.7 Å². The molecule has 6 nitrogen and oxygen atoms in total. The normalized spacial score (nSPS) is 27.1. The van der Waals surface area contributed by atoms with E-state index in [1.54, 1.807) is 0 Å². The molecule has 1 aromatic rings. The van der Waals surface area contributed by atoms with Crippen molar-refractivity contribution < 1.29 is 4.74 Å². The minimum Gasteiger partial charge on any atom is -0.374 e. The second kappa shape index (κ2) is 6.58. The van der Waals surface area contributed by atoms with Crippen molar-refractivity contribution in [2.75, 3.05) is 14.1 Å². The maximum Gasteiger partial charge on any atom is 0.202 e. The van der Waals surface area contributed by atoms with Gasteiger partial charge in [-0.2, -0.15) is 0 Å². The Balaban J connectivity index is 1.58. The number of nitrogens with zero attached hydrogens (tertiary/aromatic N) is 3. The number of guanidine groups is 2. The third-order valence-electron chi connectivity index (χ3n) is 4.37. The van der Waals surface area contributed by atoms with Gasteiger partial charge in [-0.25, -0.2) is 9.98 Å². The molecular weight excluding hydrogens is 290 g/mol. The number of ether oxygens (including phenoxy) is 1. The molecule has 3 rings (SSSR count). The zero-order valence-electron chi connectivity index (χ0n) is 13.8. The molecule has 0 amide bonds. The predicted molar refractivity (Wildman–Crippen MR) is 92.1 cm³/mol. The summed E-state index contributed by atoms with van der Waals surface area (Å²) >= 11 is 0. The molecule has 1 heterocycles. The van der Waals surface area contributed by atoms with Crippen LogP contribution in [0.3, 0.4) is 0 Å². The van der Waals surface area contributed by atoms with E-state index in [4.69, 9.17) is 15.5 Å². The second-order valence-corrected chi connectivity index (χ2v) is 6.43. The van der Waals surface area contributed by atoms with E-state index in [2.05, 4.69) is 22.4 Å². The standard InChI is InChI=1S/C17H25N5O/c1-22(2)16-19-15(18)20-17(21-16)10-8-14(9-11-17)23-12-13-6-4-3-5-7-13/h3-7,14H,8-12H2,1-2H3,(H3,18,19,20,21). The second-order valence-electron chi connectivity index (χ2n) is 6.43. The van der Waals surface area contributed by atoms with Gasteiger partial charge in [0.25, 0.3) is 0 Å². The van der Waals surface area contributed by atoms with E-state index >= 15 is 0 Å². The van der Waals surface area contributed by atoms with Crippen LogP contribution in [0.4, 0.5) is 0 Å². The van der Waals surface area contributed by atoms with Crippen LogP contribution < -0.4 is 11.1 Å². The van der Waals surface area contributed by atoms with Crippen LogP contribution >= 0.6 is 0 Å². The van der Waals surface area contributed by atoms with E-state index < -0.39 is 5.66 Å². The average Bonchev–Trinajstić information content (AvgIpc) is 2.55. The lowest BCUT2D eigenvalue weighted by Gasteiger charge is -2.37. The molecule has 1 saturated carbocycles. The first-order valence-electron chi connectivity index (χ1n) is 8.11. The summed E-state index contributed by atoms with van der Waals surface area (Å²) in [7, 11) is 3.90. The van der Waals surface area contributed by atoms with Crippen LogP contribution in [0, 0.1) is 0 Å². The summed E-state index contributed by atoms with van der Waals surface area (Å²) in [5.74, 6) is 1.23. The van der Waals surface area contributed by atoms with Crippen molar-refractivity contribution in [2.24, 2.45) is 15.7 Å². The van der Waals surface area contributed by atoms with Crippen LogP contribution in [-0.2, 0) is 11.3 Å². The molecule has 1 aliphatic carbocycles. The zero-order chi connectivity index (χ0) is 16.3. The first-order valence-corrected chi connectivity index (χ1v) is 8.11. The fourth-order valence-electron chi connectivity index (χ4n) is 3.06. The van der Waals surface area contributed by atoms with Gasteiger partial charge in [0.05, 0.1) is 12.7 Å². The molecule has 6 heteroatoms. The lowest BCUT2D eigenvalue weighted by molar-refractivity contribution is 0.00366. The number of rotatable bonds is 3. The van der Waals surface area contributed by atoms with Crippen LogP contribution in [0.5, 0.6) is 0 Å². The molecule has 3 N–H and O–H groups in total. The summed E-state index contributed by atoms with van der Waals surface area (Å²) in [5, 5.41) is 3.02. The fraction of sp³-hybridized carbons (Fsp3) is 0.529. The van der Waals surface area contributed by atoms with Gasteiger partial charge < -0.3 is 15.4 Å².